The largest absolute Gasteiger partial charge is 0.509 e. The molecule has 1 rings (SSSR count). The lowest BCUT2D eigenvalue weighted by atomic mass is 10.1. The lowest BCUT2D eigenvalue weighted by Crippen LogP contribution is -2.20. The summed E-state index contributed by atoms with van der Waals surface area (Å²) in [5.74, 6) is 0. The van der Waals surface area contributed by atoms with Gasteiger partial charge in [-0.3, -0.25) is 0 Å². The Hall–Kier alpha value is -1.25. The maximum atomic E-state index is 10.7. The molecular formula is C9H12O3. The molecular weight excluding hydrogens is 156 g/mol. The minimum atomic E-state index is -0.589. The van der Waals surface area contributed by atoms with Crippen molar-refractivity contribution in [2.45, 2.75) is 25.0 Å². The molecule has 0 unspecified atom stereocenters. The Labute approximate surface area is 71.7 Å². The third-order valence-corrected chi connectivity index (χ3v) is 1.71. The molecule has 0 aromatic heterocycles. The number of carbonyl (C=O) groups excluding carboxylic acids is 1. The number of carbonyl (C=O) groups is 1. The van der Waals surface area contributed by atoms with Crippen LogP contribution in [0, 0.1) is 0 Å². The third-order valence-electron chi connectivity index (χ3n) is 1.71. The fourth-order valence-corrected chi connectivity index (χ4v) is 1.16. The molecule has 2 atom stereocenters. The zero-order chi connectivity index (χ0) is 8.97. The maximum absolute atomic E-state index is 10.7. The maximum Gasteiger partial charge on any atom is 0.509 e. The van der Waals surface area contributed by atoms with Crippen LogP contribution in [0.1, 0.15) is 12.8 Å². The van der Waals surface area contributed by atoms with Gasteiger partial charge in [0.2, 0.25) is 0 Å². The van der Waals surface area contributed by atoms with Crippen LogP contribution in [0.15, 0.2) is 25.3 Å². The van der Waals surface area contributed by atoms with Gasteiger partial charge in [0.15, 0.2) is 0 Å². The van der Waals surface area contributed by atoms with Crippen molar-refractivity contribution in [3.05, 3.63) is 25.3 Å². The predicted molar refractivity (Wildman–Crippen MR) is 44.8 cm³/mol. The van der Waals surface area contributed by atoms with Crippen LogP contribution in [0.5, 0.6) is 0 Å². The van der Waals surface area contributed by atoms with Gasteiger partial charge in [0.25, 0.3) is 0 Å². The summed E-state index contributed by atoms with van der Waals surface area (Å²) in [7, 11) is 0. The van der Waals surface area contributed by atoms with E-state index in [-0.39, 0.29) is 12.2 Å². The molecule has 12 heavy (non-hydrogen) atoms. The summed E-state index contributed by atoms with van der Waals surface area (Å²) in [6.45, 7) is 7.14. The molecule has 1 aliphatic heterocycles. The van der Waals surface area contributed by atoms with Crippen molar-refractivity contribution in [2.24, 2.45) is 0 Å². The van der Waals surface area contributed by atoms with E-state index >= 15 is 0 Å². The SMILES string of the molecule is C=CC[C@H]1OC(=O)O[C@@H]1CC=C. The quantitative estimate of drug-likeness (QED) is 0.476. The van der Waals surface area contributed by atoms with Crippen LogP contribution in [0.2, 0.25) is 0 Å². The highest BCUT2D eigenvalue weighted by Crippen LogP contribution is 2.21. The number of hydrogen-bond acceptors (Lipinski definition) is 3. The second kappa shape index (κ2) is 3.95. The van der Waals surface area contributed by atoms with Gasteiger partial charge < -0.3 is 9.47 Å². The summed E-state index contributed by atoms with van der Waals surface area (Å²) in [5.41, 5.74) is 0. The van der Waals surface area contributed by atoms with E-state index in [1.165, 1.54) is 0 Å². The molecule has 1 aliphatic rings. The fraction of sp³-hybridized carbons (Fsp3) is 0.444. The Morgan fingerprint density at radius 3 is 1.92 bits per heavy atom. The molecule has 0 N–H and O–H groups in total. The van der Waals surface area contributed by atoms with Crippen molar-refractivity contribution < 1.29 is 14.3 Å². The zero-order valence-corrected chi connectivity index (χ0v) is 6.86. The van der Waals surface area contributed by atoms with Gasteiger partial charge >= 0.3 is 6.16 Å². The number of hydrogen-bond donors (Lipinski definition) is 0. The smallest absolute Gasteiger partial charge is 0.427 e. The van der Waals surface area contributed by atoms with E-state index in [4.69, 9.17) is 9.47 Å². The average Bonchev–Trinajstić information content (AvgIpc) is 2.33. The minimum absolute atomic E-state index is 0.187. The Balaban J connectivity index is 2.51. The van der Waals surface area contributed by atoms with Crippen LogP contribution < -0.4 is 0 Å². The predicted octanol–water partition coefficient (Wildman–Crippen LogP) is 2.04. The van der Waals surface area contributed by atoms with Gasteiger partial charge in [-0.1, -0.05) is 12.2 Å². The Morgan fingerprint density at radius 1 is 1.17 bits per heavy atom. The molecule has 0 amide bonds. The molecule has 1 saturated heterocycles. The first-order valence-corrected chi connectivity index (χ1v) is 3.87. The monoisotopic (exact) mass is 168 g/mol. The summed E-state index contributed by atoms with van der Waals surface area (Å²) in [4.78, 5) is 10.7. The van der Waals surface area contributed by atoms with Gasteiger partial charge in [0, 0.05) is 12.8 Å². The highest BCUT2D eigenvalue weighted by atomic mass is 16.8. The van der Waals surface area contributed by atoms with Crippen LogP contribution in [-0.2, 0) is 9.47 Å². The third kappa shape index (κ3) is 1.87. The summed E-state index contributed by atoms with van der Waals surface area (Å²) in [6, 6.07) is 0. The van der Waals surface area contributed by atoms with Crippen LogP contribution in [0.4, 0.5) is 4.79 Å². The van der Waals surface area contributed by atoms with E-state index in [1.807, 2.05) is 0 Å². The van der Waals surface area contributed by atoms with Gasteiger partial charge in [-0.05, 0) is 0 Å². The summed E-state index contributed by atoms with van der Waals surface area (Å²) in [5, 5.41) is 0. The molecule has 1 fully saturated rings. The molecule has 0 aromatic carbocycles. The Kier molecular flexibility index (Phi) is 2.91. The number of cyclic esters (lactones) is 2. The molecule has 0 bridgehead atoms. The molecule has 0 radical (unpaired) electrons. The summed E-state index contributed by atoms with van der Waals surface area (Å²) in [6.07, 6.45) is 3.72. The second-order valence-corrected chi connectivity index (χ2v) is 2.61. The van der Waals surface area contributed by atoms with Crippen LogP contribution in [0.3, 0.4) is 0 Å². The Bertz CT molecular complexity index is 178. The zero-order valence-electron chi connectivity index (χ0n) is 6.86. The van der Waals surface area contributed by atoms with Crippen LogP contribution in [-0.4, -0.2) is 18.4 Å². The second-order valence-electron chi connectivity index (χ2n) is 2.61. The van der Waals surface area contributed by atoms with Gasteiger partial charge in [0.1, 0.15) is 12.2 Å². The van der Waals surface area contributed by atoms with Crippen molar-refractivity contribution >= 4 is 6.16 Å². The molecule has 0 saturated carbocycles. The van der Waals surface area contributed by atoms with Gasteiger partial charge in [-0.15, -0.1) is 13.2 Å². The van der Waals surface area contributed by atoms with Crippen molar-refractivity contribution in [1.29, 1.82) is 0 Å². The molecule has 0 spiro atoms. The van der Waals surface area contributed by atoms with Crippen molar-refractivity contribution in [3.63, 3.8) is 0 Å². The van der Waals surface area contributed by atoms with E-state index in [9.17, 15) is 4.79 Å². The molecule has 0 aromatic rings. The lowest BCUT2D eigenvalue weighted by molar-refractivity contribution is 0.116. The van der Waals surface area contributed by atoms with Crippen LogP contribution >= 0.6 is 0 Å². The first-order valence-electron chi connectivity index (χ1n) is 3.87. The summed E-state index contributed by atoms with van der Waals surface area (Å²) < 4.78 is 9.77. The standard InChI is InChI=1S/C9H12O3/c1-3-5-7-8(6-4-2)12-9(10)11-7/h3-4,7-8H,1-2,5-6H2/t7-,8-/m1/s1. The van der Waals surface area contributed by atoms with Crippen LogP contribution in [0.25, 0.3) is 0 Å². The molecule has 66 valence electrons. The fourth-order valence-electron chi connectivity index (χ4n) is 1.16. The number of rotatable bonds is 4. The normalized spacial score (nSPS) is 27.5. The van der Waals surface area contributed by atoms with E-state index in [2.05, 4.69) is 13.2 Å². The number of ether oxygens (including phenoxy) is 2. The van der Waals surface area contributed by atoms with E-state index in [0.29, 0.717) is 12.8 Å². The summed E-state index contributed by atoms with van der Waals surface area (Å²) >= 11 is 0. The van der Waals surface area contributed by atoms with E-state index < -0.39 is 6.16 Å². The van der Waals surface area contributed by atoms with Crippen molar-refractivity contribution in [3.8, 4) is 0 Å². The van der Waals surface area contributed by atoms with Crippen molar-refractivity contribution in [2.75, 3.05) is 0 Å². The lowest BCUT2D eigenvalue weighted by Gasteiger charge is -2.10. The minimum Gasteiger partial charge on any atom is -0.427 e. The van der Waals surface area contributed by atoms with Gasteiger partial charge in [0.05, 0.1) is 0 Å². The molecule has 3 heteroatoms. The van der Waals surface area contributed by atoms with Gasteiger partial charge in [-0.25, -0.2) is 4.79 Å². The van der Waals surface area contributed by atoms with Gasteiger partial charge in [-0.2, -0.15) is 0 Å². The first-order chi connectivity index (χ1) is 5.77. The average molecular weight is 168 g/mol. The molecule has 1 heterocycles. The molecule has 3 nitrogen and oxygen atoms in total. The topological polar surface area (TPSA) is 35.5 Å². The van der Waals surface area contributed by atoms with E-state index in [1.54, 1.807) is 12.2 Å². The highest BCUT2D eigenvalue weighted by Gasteiger charge is 2.34. The van der Waals surface area contributed by atoms with E-state index in [0.717, 1.165) is 0 Å². The first kappa shape index (κ1) is 8.84. The highest BCUT2D eigenvalue weighted by molar-refractivity contribution is 5.62. The van der Waals surface area contributed by atoms with Crippen molar-refractivity contribution in [1.82, 2.24) is 0 Å². The Morgan fingerprint density at radius 2 is 1.58 bits per heavy atom. The molecule has 0 aliphatic carbocycles.